The van der Waals surface area contributed by atoms with Crippen molar-refractivity contribution in [2.75, 3.05) is 14.2 Å². The second-order valence-electron chi connectivity index (χ2n) is 4.30. The van der Waals surface area contributed by atoms with Gasteiger partial charge >= 0.3 is 0 Å². The van der Waals surface area contributed by atoms with Gasteiger partial charge in [0.2, 0.25) is 5.78 Å². The molecule has 0 aliphatic rings. The van der Waals surface area contributed by atoms with E-state index in [1.807, 2.05) is 6.07 Å². The first kappa shape index (κ1) is 15.1. The van der Waals surface area contributed by atoms with Gasteiger partial charge in [-0.3, -0.25) is 4.79 Å². The highest BCUT2D eigenvalue weighted by atomic mass is 35.5. The number of halogens is 1. The van der Waals surface area contributed by atoms with Crippen molar-refractivity contribution in [3.05, 3.63) is 64.7 Å². The van der Waals surface area contributed by atoms with Gasteiger partial charge in [-0.05, 0) is 18.2 Å². The summed E-state index contributed by atoms with van der Waals surface area (Å²) in [6, 6.07) is 14.2. The lowest BCUT2D eigenvalue weighted by molar-refractivity contribution is 0.104. The summed E-state index contributed by atoms with van der Waals surface area (Å²) in [7, 11) is 3.13. The lowest BCUT2D eigenvalue weighted by Gasteiger charge is -2.08. The molecule has 0 saturated heterocycles. The summed E-state index contributed by atoms with van der Waals surface area (Å²) in [6.45, 7) is 0. The summed E-state index contributed by atoms with van der Waals surface area (Å²) in [5, 5.41) is 0.129. The number of ketones is 1. The molecule has 0 bridgehead atoms. The van der Waals surface area contributed by atoms with Gasteiger partial charge < -0.3 is 9.47 Å². The second kappa shape index (κ2) is 6.95. The zero-order chi connectivity index (χ0) is 15.2. The molecule has 2 aromatic carbocycles. The maximum absolute atomic E-state index is 12.2. The number of rotatable bonds is 5. The first-order valence-corrected chi connectivity index (χ1v) is 6.72. The molecule has 4 heteroatoms. The zero-order valence-electron chi connectivity index (χ0n) is 11.8. The van der Waals surface area contributed by atoms with E-state index in [0.29, 0.717) is 22.6 Å². The second-order valence-corrected chi connectivity index (χ2v) is 4.70. The fraction of sp³-hybridized carbons (Fsp3) is 0.118. The number of carbonyl (C=O) groups is 1. The van der Waals surface area contributed by atoms with E-state index >= 15 is 0 Å². The van der Waals surface area contributed by atoms with Gasteiger partial charge in [-0.25, -0.2) is 0 Å². The Bertz CT molecular complexity index is 663. The number of ether oxygens (including phenoxy) is 2. The third kappa shape index (κ3) is 3.64. The molecule has 2 aromatic rings. The SMILES string of the molecule is COc1ccc(C=C(Cl)C(=O)c2ccccc2)c(OC)c1. The van der Waals surface area contributed by atoms with Crippen LogP contribution in [-0.2, 0) is 0 Å². The minimum Gasteiger partial charge on any atom is -0.497 e. The molecule has 0 atom stereocenters. The summed E-state index contributed by atoms with van der Waals surface area (Å²) in [5.41, 5.74) is 1.26. The predicted octanol–water partition coefficient (Wildman–Crippen LogP) is 4.17. The van der Waals surface area contributed by atoms with E-state index in [1.165, 1.54) is 0 Å². The topological polar surface area (TPSA) is 35.5 Å². The van der Waals surface area contributed by atoms with Gasteiger partial charge in [0.1, 0.15) is 11.5 Å². The molecule has 0 heterocycles. The molecule has 0 aliphatic heterocycles. The first-order valence-electron chi connectivity index (χ1n) is 6.34. The minimum absolute atomic E-state index is 0.129. The molecule has 21 heavy (non-hydrogen) atoms. The Morgan fingerprint density at radius 3 is 2.38 bits per heavy atom. The van der Waals surface area contributed by atoms with Crippen LogP contribution < -0.4 is 9.47 Å². The Hall–Kier alpha value is -2.26. The van der Waals surface area contributed by atoms with E-state index in [4.69, 9.17) is 21.1 Å². The third-order valence-corrected chi connectivity index (χ3v) is 3.26. The molecule has 2 rings (SSSR count). The number of Topliss-reactive ketones (excluding diaryl/α,β-unsaturated/α-hetero) is 1. The number of hydrogen-bond donors (Lipinski definition) is 0. The predicted molar refractivity (Wildman–Crippen MR) is 84.1 cm³/mol. The molecule has 0 aliphatic carbocycles. The van der Waals surface area contributed by atoms with Crippen molar-refractivity contribution in [3.63, 3.8) is 0 Å². The number of methoxy groups -OCH3 is 2. The monoisotopic (exact) mass is 302 g/mol. The fourth-order valence-corrected chi connectivity index (χ4v) is 2.09. The van der Waals surface area contributed by atoms with E-state index in [0.717, 1.165) is 0 Å². The van der Waals surface area contributed by atoms with Gasteiger partial charge in [0.05, 0.1) is 19.3 Å². The summed E-state index contributed by atoms with van der Waals surface area (Å²) in [5.74, 6) is 1.04. The van der Waals surface area contributed by atoms with Crippen molar-refractivity contribution in [2.45, 2.75) is 0 Å². The average molecular weight is 303 g/mol. The molecule has 0 unspecified atom stereocenters. The standard InChI is InChI=1S/C17H15ClO3/c1-20-14-9-8-13(16(11-14)21-2)10-15(18)17(19)12-6-4-3-5-7-12/h3-11H,1-2H3. The van der Waals surface area contributed by atoms with Gasteiger partial charge in [0, 0.05) is 17.2 Å². The molecule has 0 saturated carbocycles. The van der Waals surface area contributed by atoms with Crippen molar-refractivity contribution in [2.24, 2.45) is 0 Å². The molecule has 108 valence electrons. The van der Waals surface area contributed by atoms with Crippen LogP contribution >= 0.6 is 11.6 Å². The lowest BCUT2D eigenvalue weighted by Crippen LogP contribution is -1.98. The lowest BCUT2D eigenvalue weighted by atomic mass is 10.1. The minimum atomic E-state index is -0.227. The highest BCUT2D eigenvalue weighted by Crippen LogP contribution is 2.27. The number of allylic oxidation sites excluding steroid dienone is 1. The van der Waals surface area contributed by atoms with Gasteiger partial charge in [0.25, 0.3) is 0 Å². The normalized spacial score (nSPS) is 11.1. The Morgan fingerprint density at radius 2 is 1.76 bits per heavy atom. The van der Waals surface area contributed by atoms with Crippen molar-refractivity contribution >= 4 is 23.5 Å². The molecule has 0 spiro atoms. The van der Waals surface area contributed by atoms with Gasteiger partial charge in [-0.15, -0.1) is 0 Å². The van der Waals surface area contributed by atoms with E-state index in [9.17, 15) is 4.79 Å². The van der Waals surface area contributed by atoms with Crippen LogP contribution in [0.2, 0.25) is 0 Å². The van der Waals surface area contributed by atoms with Gasteiger partial charge in [-0.2, -0.15) is 0 Å². The maximum atomic E-state index is 12.2. The Kier molecular flexibility index (Phi) is 5.01. The number of carbonyl (C=O) groups excluding carboxylic acids is 1. The van der Waals surface area contributed by atoms with Crippen LogP contribution in [0.25, 0.3) is 6.08 Å². The highest BCUT2D eigenvalue weighted by Gasteiger charge is 2.11. The molecule has 3 nitrogen and oxygen atoms in total. The summed E-state index contributed by atoms with van der Waals surface area (Å²) < 4.78 is 10.4. The largest absolute Gasteiger partial charge is 0.497 e. The van der Waals surface area contributed by atoms with Crippen LogP contribution in [0.3, 0.4) is 0 Å². The average Bonchev–Trinajstić information content (AvgIpc) is 2.55. The first-order chi connectivity index (χ1) is 10.2. The molecule has 0 amide bonds. The molecule has 0 fully saturated rings. The smallest absolute Gasteiger partial charge is 0.204 e. The Labute approximate surface area is 128 Å². The summed E-state index contributed by atoms with van der Waals surface area (Å²) >= 11 is 6.13. The Balaban J connectivity index is 2.32. The van der Waals surface area contributed by atoms with Gasteiger partial charge in [0.15, 0.2) is 0 Å². The Morgan fingerprint density at radius 1 is 1.05 bits per heavy atom. The highest BCUT2D eigenvalue weighted by molar-refractivity contribution is 6.47. The van der Waals surface area contributed by atoms with Crippen molar-refractivity contribution in [1.29, 1.82) is 0 Å². The van der Waals surface area contributed by atoms with Crippen LogP contribution in [-0.4, -0.2) is 20.0 Å². The van der Waals surface area contributed by atoms with Crippen LogP contribution in [0.4, 0.5) is 0 Å². The quantitative estimate of drug-likeness (QED) is 0.614. The molecule has 0 radical (unpaired) electrons. The van der Waals surface area contributed by atoms with Crippen molar-refractivity contribution in [1.82, 2.24) is 0 Å². The zero-order valence-corrected chi connectivity index (χ0v) is 12.6. The van der Waals surface area contributed by atoms with Crippen LogP contribution in [0.5, 0.6) is 11.5 Å². The molecular formula is C17H15ClO3. The fourth-order valence-electron chi connectivity index (χ4n) is 1.87. The summed E-state index contributed by atoms with van der Waals surface area (Å²) in [4.78, 5) is 12.2. The van der Waals surface area contributed by atoms with Gasteiger partial charge in [-0.1, -0.05) is 41.9 Å². The number of benzene rings is 2. The maximum Gasteiger partial charge on any atom is 0.204 e. The van der Waals surface area contributed by atoms with Crippen molar-refractivity contribution < 1.29 is 14.3 Å². The van der Waals surface area contributed by atoms with E-state index in [-0.39, 0.29) is 10.8 Å². The van der Waals surface area contributed by atoms with E-state index in [1.54, 1.807) is 62.8 Å². The van der Waals surface area contributed by atoms with Crippen LogP contribution in [0, 0.1) is 0 Å². The number of hydrogen-bond acceptors (Lipinski definition) is 3. The van der Waals surface area contributed by atoms with Crippen molar-refractivity contribution in [3.8, 4) is 11.5 Å². The molecule has 0 aromatic heterocycles. The van der Waals surface area contributed by atoms with E-state index in [2.05, 4.69) is 0 Å². The molecule has 0 N–H and O–H groups in total. The van der Waals surface area contributed by atoms with E-state index < -0.39 is 0 Å². The van der Waals surface area contributed by atoms with Crippen LogP contribution in [0.1, 0.15) is 15.9 Å². The van der Waals surface area contributed by atoms with Crippen LogP contribution in [0.15, 0.2) is 53.6 Å². The summed E-state index contributed by atoms with van der Waals surface area (Å²) in [6.07, 6.45) is 1.59. The molecular weight excluding hydrogens is 288 g/mol. The third-order valence-electron chi connectivity index (χ3n) is 2.98.